The van der Waals surface area contributed by atoms with E-state index in [1.807, 2.05) is 37.0 Å². The predicted octanol–water partition coefficient (Wildman–Crippen LogP) is 3.45. The first kappa shape index (κ1) is 13.1. The molecule has 0 aromatic carbocycles. The van der Waals surface area contributed by atoms with Gasteiger partial charge in [-0.15, -0.1) is 11.8 Å². The zero-order chi connectivity index (χ0) is 14.1. The average Bonchev–Trinajstić information content (AvgIpc) is 2.76. The highest BCUT2D eigenvalue weighted by Crippen LogP contribution is 2.30. The van der Waals surface area contributed by atoms with Crippen LogP contribution in [0.1, 0.15) is 12.5 Å². The number of hydrogen-bond acceptors (Lipinski definition) is 4. The van der Waals surface area contributed by atoms with Crippen molar-refractivity contribution < 1.29 is 0 Å². The Morgan fingerprint density at radius 2 is 2.15 bits per heavy atom. The van der Waals surface area contributed by atoms with Crippen LogP contribution >= 0.6 is 11.8 Å². The van der Waals surface area contributed by atoms with Crippen LogP contribution in [0.15, 0.2) is 35.6 Å². The standard InChI is InChI=1S/C15H16N4S/c1-4-20-15-11(6-5-7-16-15)13-18-12-8-10(2)9-17-14(12)19(13)3/h5-9H,4H2,1-3H3. The van der Waals surface area contributed by atoms with Gasteiger partial charge in [0.2, 0.25) is 0 Å². The molecule has 3 aromatic rings. The third kappa shape index (κ3) is 2.18. The van der Waals surface area contributed by atoms with Crippen molar-refractivity contribution in [3.05, 3.63) is 36.2 Å². The zero-order valence-corrected chi connectivity index (χ0v) is 12.6. The van der Waals surface area contributed by atoms with Crippen molar-refractivity contribution in [2.45, 2.75) is 18.9 Å². The summed E-state index contributed by atoms with van der Waals surface area (Å²) in [7, 11) is 2.00. The van der Waals surface area contributed by atoms with Gasteiger partial charge >= 0.3 is 0 Å². The molecule has 0 fully saturated rings. The minimum atomic E-state index is 0.905. The largest absolute Gasteiger partial charge is 0.312 e. The highest BCUT2D eigenvalue weighted by molar-refractivity contribution is 7.99. The fourth-order valence-corrected chi connectivity index (χ4v) is 2.95. The molecular formula is C15H16N4S. The lowest BCUT2D eigenvalue weighted by Crippen LogP contribution is -1.96. The molecule has 4 nitrogen and oxygen atoms in total. The van der Waals surface area contributed by atoms with Crippen molar-refractivity contribution in [3.8, 4) is 11.4 Å². The second-order valence-corrected chi connectivity index (χ2v) is 5.89. The number of fused-ring (bicyclic) bond motifs is 1. The predicted molar refractivity (Wildman–Crippen MR) is 82.9 cm³/mol. The molecule has 0 spiro atoms. The maximum Gasteiger partial charge on any atom is 0.160 e. The van der Waals surface area contributed by atoms with E-state index in [1.165, 1.54) is 0 Å². The van der Waals surface area contributed by atoms with Crippen LogP contribution in [0.5, 0.6) is 0 Å². The van der Waals surface area contributed by atoms with Gasteiger partial charge < -0.3 is 4.57 Å². The second-order valence-electron chi connectivity index (χ2n) is 4.64. The molecule has 102 valence electrons. The summed E-state index contributed by atoms with van der Waals surface area (Å²) >= 11 is 1.73. The van der Waals surface area contributed by atoms with E-state index in [4.69, 9.17) is 4.98 Å². The van der Waals surface area contributed by atoms with Gasteiger partial charge in [0.25, 0.3) is 0 Å². The Morgan fingerprint density at radius 1 is 1.30 bits per heavy atom. The number of hydrogen-bond donors (Lipinski definition) is 0. The lowest BCUT2D eigenvalue weighted by Gasteiger charge is -2.06. The first-order chi connectivity index (χ1) is 9.70. The van der Waals surface area contributed by atoms with Crippen molar-refractivity contribution in [1.29, 1.82) is 0 Å². The minimum Gasteiger partial charge on any atom is -0.312 e. The SMILES string of the molecule is CCSc1ncccc1-c1nc2cc(C)cnc2n1C. The number of rotatable bonds is 3. The molecule has 0 bridgehead atoms. The Bertz CT molecular complexity index is 764. The first-order valence-electron chi connectivity index (χ1n) is 6.58. The summed E-state index contributed by atoms with van der Waals surface area (Å²) in [5.41, 5.74) is 4.02. The van der Waals surface area contributed by atoms with Crippen molar-refractivity contribution in [2.24, 2.45) is 7.05 Å². The van der Waals surface area contributed by atoms with E-state index in [0.29, 0.717) is 0 Å². The summed E-state index contributed by atoms with van der Waals surface area (Å²) in [6, 6.07) is 6.08. The number of aromatic nitrogens is 4. The van der Waals surface area contributed by atoms with Crippen molar-refractivity contribution >= 4 is 22.9 Å². The van der Waals surface area contributed by atoms with Crippen LogP contribution in [0.2, 0.25) is 0 Å². The zero-order valence-electron chi connectivity index (χ0n) is 11.8. The second kappa shape index (κ2) is 5.25. The fraction of sp³-hybridized carbons (Fsp3) is 0.267. The molecule has 0 unspecified atom stereocenters. The van der Waals surface area contributed by atoms with E-state index in [-0.39, 0.29) is 0 Å². The first-order valence-corrected chi connectivity index (χ1v) is 7.56. The van der Waals surface area contributed by atoms with E-state index < -0.39 is 0 Å². The van der Waals surface area contributed by atoms with Crippen LogP contribution in [-0.4, -0.2) is 25.3 Å². The normalized spacial score (nSPS) is 11.2. The molecule has 0 aliphatic carbocycles. The fourth-order valence-electron chi connectivity index (χ4n) is 2.23. The minimum absolute atomic E-state index is 0.905. The van der Waals surface area contributed by atoms with Crippen LogP contribution in [0.3, 0.4) is 0 Å². The maximum atomic E-state index is 4.73. The summed E-state index contributed by atoms with van der Waals surface area (Å²) in [4.78, 5) is 13.7. The maximum absolute atomic E-state index is 4.73. The Labute approximate surface area is 122 Å². The Morgan fingerprint density at radius 3 is 2.95 bits per heavy atom. The van der Waals surface area contributed by atoms with Crippen LogP contribution < -0.4 is 0 Å². The van der Waals surface area contributed by atoms with Crippen LogP contribution in [0, 0.1) is 6.92 Å². The monoisotopic (exact) mass is 284 g/mol. The van der Waals surface area contributed by atoms with E-state index in [2.05, 4.69) is 29.0 Å². The molecule has 0 saturated carbocycles. The van der Waals surface area contributed by atoms with Crippen molar-refractivity contribution in [1.82, 2.24) is 19.5 Å². The highest BCUT2D eigenvalue weighted by atomic mass is 32.2. The molecule has 20 heavy (non-hydrogen) atoms. The van der Waals surface area contributed by atoms with Crippen molar-refractivity contribution in [3.63, 3.8) is 0 Å². The number of aryl methyl sites for hydroxylation is 2. The van der Waals surface area contributed by atoms with Gasteiger partial charge in [0, 0.05) is 25.0 Å². The van der Waals surface area contributed by atoms with E-state index in [1.54, 1.807) is 11.8 Å². The average molecular weight is 284 g/mol. The lowest BCUT2D eigenvalue weighted by molar-refractivity contribution is 0.931. The van der Waals surface area contributed by atoms with Gasteiger partial charge in [-0.3, -0.25) is 0 Å². The van der Waals surface area contributed by atoms with Gasteiger partial charge in [0.05, 0.1) is 0 Å². The Balaban J connectivity index is 2.22. The summed E-state index contributed by atoms with van der Waals surface area (Å²) in [5, 5.41) is 1.02. The molecule has 0 amide bonds. The van der Waals surface area contributed by atoms with Crippen molar-refractivity contribution in [2.75, 3.05) is 5.75 Å². The van der Waals surface area contributed by atoms with E-state index >= 15 is 0 Å². The van der Waals surface area contributed by atoms with Crippen LogP contribution in [0.25, 0.3) is 22.6 Å². The molecule has 0 N–H and O–H groups in total. The third-order valence-corrected chi connectivity index (χ3v) is 4.03. The third-order valence-electron chi connectivity index (χ3n) is 3.14. The molecule has 0 atom stereocenters. The number of nitrogens with zero attached hydrogens (tertiary/aromatic N) is 4. The van der Waals surface area contributed by atoms with Gasteiger partial charge in [-0.05, 0) is 36.4 Å². The molecule has 5 heteroatoms. The quantitative estimate of drug-likeness (QED) is 0.691. The Kier molecular flexibility index (Phi) is 3.44. The summed E-state index contributed by atoms with van der Waals surface area (Å²) < 4.78 is 2.03. The lowest BCUT2D eigenvalue weighted by atomic mass is 10.3. The number of thioether (sulfide) groups is 1. The molecule has 0 aliphatic heterocycles. The molecule has 3 rings (SSSR count). The highest BCUT2D eigenvalue weighted by Gasteiger charge is 2.14. The number of imidazole rings is 1. The van der Waals surface area contributed by atoms with E-state index in [9.17, 15) is 0 Å². The molecule has 0 radical (unpaired) electrons. The van der Waals surface area contributed by atoms with Crippen LogP contribution in [-0.2, 0) is 7.05 Å². The molecule has 3 heterocycles. The number of pyridine rings is 2. The smallest absolute Gasteiger partial charge is 0.160 e. The molecule has 0 aliphatic rings. The summed E-state index contributed by atoms with van der Waals surface area (Å²) in [6.07, 6.45) is 3.70. The van der Waals surface area contributed by atoms with Gasteiger partial charge in [0.15, 0.2) is 5.65 Å². The summed E-state index contributed by atoms with van der Waals surface area (Å²) in [5.74, 6) is 1.91. The van der Waals surface area contributed by atoms with Crippen LogP contribution in [0.4, 0.5) is 0 Å². The van der Waals surface area contributed by atoms with Gasteiger partial charge in [0.1, 0.15) is 16.4 Å². The van der Waals surface area contributed by atoms with E-state index in [0.717, 1.165) is 38.9 Å². The van der Waals surface area contributed by atoms with Gasteiger partial charge in [-0.1, -0.05) is 6.92 Å². The molecule has 0 saturated heterocycles. The Hall–Kier alpha value is -1.88. The molecular weight excluding hydrogens is 268 g/mol. The topological polar surface area (TPSA) is 43.6 Å². The van der Waals surface area contributed by atoms with Gasteiger partial charge in [-0.25, -0.2) is 15.0 Å². The summed E-state index contributed by atoms with van der Waals surface area (Å²) in [6.45, 7) is 4.16. The van der Waals surface area contributed by atoms with Gasteiger partial charge in [-0.2, -0.15) is 0 Å². The molecule has 3 aromatic heterocycles.